The van der Waals surface area contributed by atoms with Gasteiger partial charge in [0.1, 0.15) is 0 Å². The van der Waals surface area contributed by atoms with Gasteiger partial charge in [-0.2, -0.15) is 5.10 Å². The van der Waals surface area contributed by atoms with Gasteiger partial charge in [-0.1, -0.05) is 6.92 Å². The van der Waals surface area contributed by atoms with Gasteiger partial charge in [-0.3, -0.25) is 4.68 Å². The van der Waals surface area contributed by atoms with E-state index in [1.165, 1.54) is 18.5 Å². The van der Waals surface area contributed by atoms with Crippen LogP contribution in [0.15, 0.2) is 10.7 Å². The number of nitrogens with zero attached hydrogens (tertiary/aromatic N) is 2. The van der Waals surface area contributed by atoms with E-state index in [-0.39, 0.29) is 12.1 Å². The SMILES string of the molecule is CCCNC(c1c(Br)cnn1C)C1CCCCO1. The number of hydrogen-bond donors (Lipinski definition) is 1. The average molecular weight is 316 g/mol. The normalized spacial score (nSPS) is 22.1. The first-order chi connectivity index (χ1) is 8.74. The summed E-state index contributed by atoms with van der Waals surface area (Å²) in [5.74, 6) is 0. The Morgan fingerprint density at radius 1 is 1.61 bits per heavy atom. The van der Waals surface area contributed by atoms with Crippen molar-refractivity contribution in [1.82, 2.24) is 15.1 Å². The van der Waals surface area contributed by atoms with Crippen LogP contribution in [0.1, 0.15) is 44.3 Å². The summed E-state index contributed by atoms with van der Waals surface area (Å²) in [7, 11) is 1.99. The first kappa shape index (κ1) is 14.0. The number of halogens is 1. The number of aromatic nitrogens is 2. The fourth-order valence-corrected chi connectivity index (χ4v) is 3.10. The molecule has 0 radical (unpaired) electrons. The van der Waals surface area contributed by atoms with Crippen molar-refractivity contribution in [3.05, 3.63) is 16.4 Å². The standard InChI is InChI=1S/C13H22BrN3O/c1-3-7-15-12(11-6-4-5-8-18-11)13-10(14)9-16-17(13)2/h9,11-12,15H,3-8H2,1-2H3. The lowest BCUT2D eigenvalue weighted by Gasteiger charge is -2.31. The van der Waals surface area contributed by atoms with Crippen molar-refractivity contribution in [2.24, 2.45) is 7.05 Å². The van der Waals surface area contributed by atoms with Gasteiger partial charge in [-0.25, -0.2) is 0 Å². The molecule has 0 saturated carbocycles. The highest BCUT2D eigenvalue weighted by molar-refractivity contribution is 9.10. The Kier molecular flexibility index (Phi) is 5.21. The lowest BCUT2D eigenvalue weighted by molar-refractivity contribution is -0.00993. The highest BCUT2D eigenvalue weighted by atomic mass is 79.9. The van der Waals surface area contributed by atoms with Crippen LogP contribution in [0.4, 0.5) is 0 Å². The molecule has 1 aliphatic rings. The second-order valence-electron chi connectivity index (χ2n) is 4.84. The Bertz CT molecular complexity index is 355. The molecular formula is C13H22BrN3O. The maximum absolute atomic E-state index is 5.95. The molecule has 1 fully saturated rings. The van der Waals surface area contributed by atoms with Crippen molar-refractivity contribution < 1.29 is 4.74 Å². The Labute approximate surface area is 117 Å². The van der Waals surface area contributed by atoms with Crippen molar-refractivity contribution in [3.8, 4) is 0 Å². The molecule has 0 bridgehead atoms. The number of hydrogen-bond acceptors (Lipinski definition) is 3. The molecule has 4 nitrogen and oxygen atoms in total. The van der Waals surface area contributed by atoms with Crippen LogP contribution in [-0.4, -0.2) is 29.0 Å². The van der Waals surface area contributed by atoms with E-state index in [1.54, 1.807) is 0 Å². The summed E-state index contributed by atoms with van der Waals surface area (Å²) in [5.41, 5.74) is 1.19. The fourth-order valence-electron chi connectivity index (χ4n) is 2.50. The van der Waals surface area contributed by atoms with E-state index in [4.69, 9.17) is 4.74 Å². The van der Waals surface area contributed by atoms with Crippen molar-refractivity contribution in [2.75, 3.05) is 13.2 Å². The maximum Gasteiger partial charge on any atom is 0.0785 e. The summed E-state index contributed by atoms with van der Waals surface area (Å²) < 4.78 is 8.95. The molecule has 0 amide bonds. The molecule has 1 aromatic heterocycles. The van der Waals surface area contributed by atoms with E-state index < -0.39 is 0 Å². The highest BCUT2D eigenvalue weighted by Crippen LogP contribution is 2.30. The third kappa shape index (κ3) is 3.13. The molecule has 1 saturated heterocycles. The molecule has 2 unspecified atom stereocenters. The second kappa shape index (κ2) is 6.68. The third-order valence-corrected chi connectivity index (χ3v) is 4.04. The molecule has 1 N–H and O–H groups in total. The molecule has 0 aliphatic carbocycles. The Balaban J connectivity index is 2.18. The third-order valence-electron chi connectivity index (χ3n) is 3.43. The highest BCUT2D eigenvalue weighted by Gasteiger charge is 2.29. The van der Waals surface area contributed by atoms with Gasteiger partial charge in [0, 0.05) is 13.7 Å². The van der Waals surface area contributed by atoms with Crippen LogP contribution in [0, 0.1) is 0 Å². The monoisotopic (exact) mass is 315 g/mol. The Morgan fingerprint density at radius 2 is 2.44 bits per heavy atom. The number of ether oxygens (including phenoxy) is 1. The molecule has 0 spiro atoms. The quantitative estimate of drug-likeness (QED) is 0.908. The zero-order valence-electron chi connectivity index (χ0n) is 11.2. The fraction of sp³-hybridized carbons (Fsp3) is 0.769. The van der Waals surface area contributed by atoms with Gasteiger partial charge >= 0.3 is 0 Å². The van der Waals surface area contributed by atoms with Crippen LogP contribution in [0.25, 0.3) is 0 Å². The summed E-state index contributed by atoms with van der Waals surface area (Å²) in [6.45, 7) is 4.07. The predicted molar refractivity (Wildman–Crippen MR) is 75.5 cm³/mol. The van der Waals surface area contributed by atoms with Crippen LogP contribution in [0.5, 0.6) is 0 Å². The summed E-state index contributed by atoms with van der Waals surface area (Å²) in [6, 6.07) is 0.229. The predicted octanol–water partition coefficient (Wildman–Crippen LogP) is 2.79. The molecule has 102 valence electrons. The Hall–Kier alpha value is -0.390. The van der Waals surface area contributed by atoms with E-state index in [9.17, 15) is 0 Å². The van der Waals surface area contributed by atoms with Crippen molar-refractivity contribution in [1.29, 1.82) is 0 Å². The van der Waals surface area contributed by atoms with E-state index in [2.05, 4.69) is 33.3 Å². The van der Waals surface area contributed by atoms with Gasteiger partial charge in [0.2, 0.25) is 0 Å². The molecule has 18 heavy (non-hydrogen) atoms. The van der Waals surface area contributed by atoms with E-state index in [0.29, 0.717) is 0 Å². The summed E-state index contributed by atoms with van der Waals surface area (Å²) in [5, 5.41) is 7.92. The molecule has 1 aromatic rings. The van der Waals surface area contributed by atoms with Crippen LogP contribution >= 0.6 is 15.9 Å². The van der Waals surface area contributed by atoms with Crippen molar-refractivity contribution >= 4 is 15.9 Å². The summed E-state index contributed by atoms with van der Waals surface area (Å²) in [4.78, 5) is 0. The van der Waals surface area contributed by atoms with E-state index >= 15 is 0 Å². The van der Waals surface area contributed by atoms with Gasteiger partial charge in [0.05, 0.1) is 28.5 Å². The zero-order chi connectivity index (χ0) is 13.0. The summed E-state index contributed by atoms with van der Waals surface area (Å²) >= 11 is 3.60. The molecule has 1 aliphatic heterocycles. The Morgan fingerprint density at radius 3 is 3.00 bits per heavy atom. The minimum absolute atomic E-state index is 0.229. The van der Waals surface area contributed by atoms with Crippen LogP contribution in [0.2, 0.25) is 0 Å². The number of nitrogens with one attached hydrogen (secondary N) is 1. The van der Waals surface area contributed by atoms with Gasteiger partial charge in [-0.05, 0) is 48.2 Å². The molecule has 2 heterocycles. The van der Waals surface area contributed by atoms with Gasteiger partial charge in [0.15, 0.2) is 0 Å². The maximum atomic E-state index is 5.95. The van der Waals surface area contributed by atoms with Crippen molar-refractivity contribution in [2.45, 2.75) is 44.8 Å². The largest absolute Gasteiger partial charge is 0.376 e. The first-order valence-electron chi connectivity index (χ1n) is 6.76. The second-order valence-corrected chi connectivity index (χ2v) is 5.69. The van der Waals surface area contributed by atoms with E-state index in [1.807, 2.05) is 17.9 Å². The topological polar surface area (TPSA) is 39.1 Å². The first-order valence-corrected chi connectivity index (χ1v) is 7.55. The van der Waals surface area contributed by atoms with Crippen LogP contribution in [0.3, 0.4) is 0 Å². The molecule has 0 aromatic carbocycles. The average Bonchev–Trinajstić information content (AvgIpc) is 2.72. The summed E-state index contributed by atoms with van der Waals surface area (Å²) in [6.07, 6.45) is 6.81. The number of rotatable bonds is 5. The van der Waals surface area contributed by atoms with E-state index in [0.717, 1.165) is 30.5 Å². The lowest BCUT2D eigenvalue weighted by atomic mass is 9.99. The lowest BCUT2D eigenvalue weighted by Crippen LogP contribution is -2.37. The van der Waals surface area contributed by atoms with Gasteiger partial charge < -0.3 is 10.1 Å². The van der Waals surface area contributed by atoms with Gasteiger partial charge in [-0.15, -0.1) is 0 Å². The number of aryl methyl sites for hydroxylation is 1. The van der Waals surface area contributed by atoms with Crippen LogP contribution in [-0.2, 0) is 11.8 Å². The molecule has 5 heteroatoms. The zero-order valence-corrected chi connectivity index (χ0v) is 12.7. The minimum atomic E-state index is 0.229. The smallest absolute Gasteiger partial charge is 0.0785 e. The van der Waals surface area contributed by atoms with Crippen molar-refractivity contribution in [3.63, 3.8) is 0 Å². The molecule has 2 rings (SSSR count). The molecule has 2 atom stereocenters. The minimum Gasteiger partial charge on any atom is -0.376 e. The molecular weight excluding hydrogens is 294 g/mol. The van der Waals surface area contributed by atoms with Gasteiger partial charge in [0.25, 0.3) is 0 Å². The van der Waals surface area contributed by atoms with Crippen LogP contribution < -0.4 is 5.32 Å².